The van der Waals surface area contributed by atoms with Gasteiger partial charge >= 0.3 is 6.03 Å². The molecular formula is C18H21F2N3O2. The third-order valence-corrected chi connectivity index (χ3v) is 3.91. The molecule has 1 aromatic carbocycles. The number of nitrogens with zero attached hydrogens (tertiary/aromatic N) is 2. The maximum Gasteiger partial charge on any atom is 0.322 e. The Morgan fingerprint density at radius 2 is 1.84 bits per heavy atom. The van der Waals surface area contributed by atoms with E-state index in [0.717, 1.165) is 17.7 Å². The molecule has 25 heavy (non-hydrogen) atoms. The average Bonchev–Trinajstić information content (AvgIpc) is 2.59. The summed E-state index contributed by atoms with van der Waals surface area (Å²) >= 11 is 0. The van der Waals surface area contributed by atoms with Crippen molar-refractivity contribution in [1.82, 2.24) is 9.88 Å². The normalized spacial score (nSPS) is 11.7. The predicted molar refractivity (Wildman–Crippen MR) is 91.6 cm³/mol. The highest BCUT2D eigenvalue weighted by atomic mass is 19.1. The number of aromatic nitrogens is 1. The van der Waals surface area contributed by atoms with Gasteiger partial charge in [-0.25, -0.2) is 13.6 Å². The molecule has 1 atom stereocenters. The lowest BCUT2D eigenvalue weighted by molar-refractivity contribution is 0.190. The Labute approximate surface area is 145 Å². The minimum absolute atomic E-state index is 0.0313. The Morgan fingerprint density at radius 1 is 1.24 bits per heavy atom. The first-order valence-electron chi connectivity index (χ1n) is 8.02. The maximum atomic E-state index is 13.8. The molecule has 0 radical (unpaired) electrons. The average molecular weight is 349 g/mol. The molecule has 1 N–H and O–H groups in total. The first kappa shape index (κ1) is 18.6. The van der Waals surface area contributed by atoms with Crippen LogP contribution in [-0.4, -0.2) is 29.6 Å². The van der Waals surface area contributed by atoms with E-state index in [2.05, 4.69) is 15.0 Å². The Balaban J connectivity index is 2.22. The van der Waals surface area contributed by atoms with Crippen LogP contribution < -0.4 is 10.1 Å². The Morgan fingerprint density at radius 3 is 2.32 bits per heavy atom. The summed E-state index contributed by atoms with van der Waals surface area (Å²) < 4.78 is 32.2. The lowest BCUT2D eigenvalue weighted by Crippen LogP contribution is -2.37. The van der Waals surface area contributed by atoms with E-state index in [-0.39, 0.29) is 11.7 Å². The summed E-state index contributed by atoms with van der Waals surface area (Å²) in [6.07, 6.45) is 4.02. The summed E-state index contributed by atoms with van der Waals surface area (Å²) in [5.41, 5.74) is 0.977. The molecule has 2 amide bonds. The van der Waals surface area contributed by atoms with Gasteiger partial charge in [-0.15, -0.1) is 0 Å². The molecule has 5 nitrogen and oxygen atoms in total. The highest BCUT2D eigenvalue weighted by Gasteiger charge is 2.23. The molecule has 134 valence electrons. The van der Waals surface area contributed by atoms with Gasteiger partial charge in [-0.2, -0.15) is 0 Å². The van der Waals surface area contributed by atoms with Gasteiger partial charge in [-0.05, 0) is 31.0 Å². The number of halogens is 2. The van der Waals surface area contributed by atoms with Crippen molar-refractivity contribution in [2.24, 2.45) is 0 Å². The Kier molecular flexibility index (Phi) is 6.27. The summed E-state index contributed by atoms with van der Waals surface area (Å²) in [4.78, 5) is 18.2. The van der Waals surface area contributed by atoms with Crippen molar-refractivity contribution in [1.29, 1.82) is 0 Å². The second-order valence-electron chi connectivity index (χ2n) is 5.39. The second-order valence-corrected chi connectivity index (χ2v) is 5.39. The summed E-state index contributed by atoms with van der Waals surface area (Å²) in [5, 5.41) is 2.55. The van der Waals surface area contributed by atoms with Crippen LogP contribution in [0.5, 0.6) is 5.75 Å². The van der Waals surface area contributed by atoms with Gasteiger partial charge in [-0.1, -0.05) is 6.92 Å². The molecule has 2 aromatic rings. The van der Waals surface area contributed by atoms with Crippen molar-refractivity contribution in [2.45, 2.75) is 26.3 Å². The molecular weight excluding hydrogens is 328 g/mol. The lowest BCUT2D eigenvalue weighted by Gasteiger charge is -2.30. The number of benzene rings is 1. The number of carbonyl (C=O) groups is 1. The molecule has 1 aromatic heterocycles. The monoisotopic (exact) mass is 349 g/mol. The molecule has 1 heterocycles. The third-order valence-electron chi connectivity index (χ3n) is 3.91. The molecule has 0 aliphatic carbocycles. The number of hydrogen-bond donors (Lipinski definition) is 1. The first-order chi connectivity index (χ1) is 12.0. The Bertz CT molecular complexity index is 703. The van der Waals surface area contributed by atoms with Crippen LogP contribution in [0.15, 0.2) is 36.7 Å². The van der Waals surface area contributed by atoms with E-state index in [4.69, 9.17) is 0 Å². The fourth-order valence-corrected chi connectivity index (χ4v) is 2.75. The molecule has 0 unspecified atom stereocenters. The molecule has 0 saturated heterocycles. The fraction of sp³-hybridized carbons (Fsp3) is 0.333. The number of carbonyl (C=O) groups excluding carboxylic acids is 1. The number of rotatable bonds is 6. The highest BCUT2D eigenvalue weighted by Crippen LogP contribution is 2.27. The summed E-state index contributed by atoms with van der Waals surface area (Å²) in [6.45, 7) is 4.25. The van der Waals surface area contributed by atoms with Gasteiger partial charge in [0.15, 0.2) is 17.4 Å². The minimum atomic E-state index is -0.873. The number of hydrogen-bond acceptors (Lipinski definition) is 3. The highest BCUT2D eigenvalue weighted by molar-refractivity contribution is 5.89. The van der Waals surface area contributed by atoms with Gasteiger partial charge in [0.25, 0.3) is 0 Å². The van der Waals surface area contributed by atoms with Gasteiger partial charge < -0.3 is 15.0 Å². The zero-order chi connectivity index (χ0) is 18.4. The minimum Gasteiger partial charge on any atom is -0.491 e. The zero-order valence-corrected chi connectivity index (χ0v) is 14.4. The van der Waals surface area contributed by atoms with E-state index in [1.165, 1.54) is 7.11 Å². The topological polar surface area (TPSA) is 54.5 Å². The molecule has 0 fully saturated rings. The number of urea groups is 1. The van der Waals surface area contributed by atoms with Crippen LogP contribution in [0.3, 0.4) is 0 Å². The van der Waals surface area contributed by atoms with E-state index < -0.39 is 23.4 Å². The molecule has 2 rings (SSSR count). The van der Waals surface area contributed by atoms with Crippen LogP contribution in [0.1, 0.15) is 31.9 Å². The van der Waals surface area contributed by atoms with Crippen LogP contribution in [0.4, 0.5) is 19.3 Å². The number of pyridine rings is 1. The van der Waals surface area contributed by atoms with Crippen molar-refractivity contribution in [2.75, 3.05) is 19.0 Å². The van der Waals surface area contributed by atoms with Crippen molar-refractivity contribution < 1.29 is 18.3 Å². The van der Waals surface area contributed by atoms with Crippen LogP contribution in [0.2, 0.25) is 0 Å². The van der Waals surface area contributed by atoms with Gasteiger partial charge in [0.1, 0.15) is 0 Å². The quantitative estimate of drug-likeness (QED) is 0.842. The zero-order valence-electron chi connectivity index (χ0n) is 14.4. The summed E-state index contributed by atoms with van der Waals surface area (Å²) in [7, 11) is 1.18. The van der Waals surface area contributed by atoms with Gasteiger partial charge in [-0.3, -0.25) is 4.98 Å². The number of ether oxygens (including phenoxy) is 1. The van der Waals surface area contributed by atoms with Crippen molar-refractivity contribution in [3.8, 4) is 5.75 Å². The lowest BCUT2D eigenvalue weighted by atomic mass is 10.0. The molecule has 0 aliphatic rings. The van der Waals surface area contributed by atoms with Crippen LogP contribution in [0.25, 0.3) is 0 Å². The molecule has 0 spiro atoms. The van der Waals surface area contributed by atoms with Gasteiger partial charge in [0.05, 0.1) is 13.2 Å². The van der Waals surface area contributed by atoms with Gasteiger partial charge in [0.2, 0.25) is 0 Å². The predicted octanol–water partition coefficient (Wildman–Crippen LogP) is 4.37. The number of amides is 2. The maximum absolute atomic E-state index is 13.8. The van der Waals surface area contributed by atoms with E-state index >= 15 is 0 Å². The third kappa shape index (κ3) is 4.23. The van der Waals surface area contributed by atoms with Crippen LogP contribution >= 0.6 is 0 Å². The fourth-order valence-electron chi connectivity index (χ4n) is 2.75. The van der Waals surface area contributed by atoms with Crippen LogP contribution in [0, 0.1) is 11.6 Å². The standard InChI is InChI=1S/C18H21F2N3O2/c1-4-16(12-6-8-21-9-7-12)23(5-2)18(24)22-13-10-14(19)17(25-3)15(20)11-13/h6-11,16H,4-5H2,1-3H3,(H,22,24)/t16-/m0/s1. The Hall–Kier alpha value is -2.70. The molecule has 0 bridgehead atoms. The van der Waals surface area contributed by atoms with E-state index in [0.29, 0.717) is 13.0 Å². The van der Waals surface area contributed by atoms with Gasteiger partial charge in [0, 0.05) is 36.8 Å². The number of methoxy groups -OCH3 is 1. The first-order valence-corrected chi connectivity index (χ1v) is 8.02. The van der Waals surface area contributed by atoms with Crippen molar-refractivity contribution >= 4 is 11.7 Å². The van der Waals surface area contributed by atoms with Crippen LogP contribution in [-0.2, 0) is 0 Å². The molecule has 0 aliphatic heterocycles. The SMILES string of the molecule is CC[C@@H](c1ccncc1)N(CC)C(=O)Nc1cc(F)c(OC)c(F)c1. The van der Waals surface area contributed by atoms with E-state index in [1.807, 2.05) is 26.0 Å². The molecule has 0 saturated carbocycles. The van der Waals surface area contributed by atoms with Crippen molar-refractivity contribution in [3.05, 3.63) is 53.9 Å². The molecule has 7 heteroatoms. The number of anilines is 1. The smallest absolute Gasteiger partial charge is 0.322 e. The van der Waals surface area contributed by atoms with Crippen molar-refractivity contribution in [3.63, 3.8) is 0 Å². The second kappa shape index (κ2) is 8.41. The van der Waals surface area contributed by atoms with E-state index in [9.17, 15) is 13.6 Å². The summed E-state index contributed by atoms with van der Waals surface area (Å²) in [5.74, 6) is -2.22. The van der Waals surface area contributed by atoms with E-state index in [1.54, 1.807) is 17.3 Å². The largest absolute Gasteiger partial charge is 0.491 e. The number of nitrogens with one attached hydrogen (secondary N) is 1. The summed E-state index contributed by atoms with van der Waals surface area (Å²) in [6, 6.07) is 5.14.